The van der Waals surface area contributed by atoms with E-state index < -0.39 is 12.0 Å². The summed E-state index contributed by atoms with van der Waals surface area (Å²) in [5.41, 5.74) is 8.27. The zero-order valence-corrected chi connectivity index (χ0v) is 8.32. The zero-order chi connectivity index (χ0) is 12.0. The lowest BCUT2D eigenvalue weighted by Gasteiger charge is -2.04. The summed E-state index contributed by atoms with van der Waals surface area (Å²) in [6.07, 6.45) is 0. The Morgan fingerprint density at radius 3 is 3.12 bits per heavy atom. The molecular weight excluding hydrogens is 216 g/mol. The van der Waals surface area contributed by atoms with Gasteiger partial charge in [0.15, 0.2) is 0 Å². The maximum absolute atomic E-state index is 11.3. The Balaban J connectivity index is 2.90. The summed E-state index contributed by atoms with van der Waals surface area (Å²) in [5, 5.41) is 11.7. The Morgan fingerprint density at radius 1 is 1.81 bits per heavy atom. The third kappa shape index (κ3) is 2.55. The van der Waals surface area contributed by atoms with Gasteiger partial charge in [0.1, 0.15) is 5.82 Å². The molecule has 0 bridgehead atoms. The highest BCUT2D eigenvalue weighted by Crippen LogP contribution is 2.20. The molecule has 0 amide bonds. The molecule has 1 rings (SSSR count). The van der Waals surface area contributed by atoms with Crippen LogP contribution in [0.1, 0.15) is 18.7 Å². The molecule has 16 heavy (non-hydrogen) atoms. The van der Waals surface area contributed by atoms with Gasteiger partial charge < -0.3 is 4.74 Å². The Hall–Kier alpha value is -2.41. The number of azide groups is 1. The van der Waals surface area contributed by atoms with Crippen LogP contribution in [0.2, 0.25) is 0 Å². The molecular formula is C7H8N6O3. The monoisotopic (exact) mass is 224 g/mol. The Kier molecular flexibility index (Phi) is 3.98. The summed E-state index contributed by atoms with van der Waals surface area (Å²) in [5.74, 6) is -0.760. The number of hydrogen-bond donors (Lipinski definition) is 1. The van der Waals surface area contributed by atoms with E-state index in [1.165, 1.54) is 6.07 Å². The predicted molar refractivity (Wildman–Crippen MR) is 52.6 cm³/mol. The minimum Gasteiger partial charge on any atom is -0.464 e. The summed E-state index contributed by atoms with van der Waals surface area (Å²) in [6, 6.07) is -0.0713. The summed E-state index contributed by atoms with van der Waals surface area (Å²) in [7, 11) is 0. The average molecular weight is 224 g/mol. The number of ether oxygens (including phenoxy) is 1. The molecule has 0 saturated carbocycles. The van der Waals surface area contributed by atoms with Crippen LogP contribution in [-0.4, -0.2) is 22.8 Å². The number of nitroso groups, excluding NO2 is 1. The number of hydrogen-bond acceptors (Lipinski definition) is 6. The highest BCUT2D eigenvalue weighted by molar-refractivity contribution is 5.77. The molecule has 0 aromatic carbocycles. The SMILES string of the molecule is CCOC(=O)C(N=O)c1cc(N=[N+]=[N-])n[nH]1. The van der Waals surface area contributed by atoms with Gasteiger partial charge in [-0.1, -0.05) is 0 Å². The first kappa shape index (κ1) is 11.7. The Labute approximate surface area is 89.4 Å². The van der Waals surface area contributed by atoms with Gasteiger partial charge in [-0.2, -0.15) is 5.10 Å². The van der Waals surface area contributed by atoms with Gasteiger partial charge in [0, 0.05) is 4.91 Å². The van der Waals surface area contributed by atoms with Gasteiger partial charge in [-0.25, -0.2) is 4.79 Å². The molecule has 0 aliphatic heterocycles. The van der Waals surface area contributed by atoms with Gasteiger partial charge in [-0.15, -0.1) is 4.91 Å². The molecule has 1 unspecified atom stereocenters. The summed E-state index contributed by atoms with van der Waals surface area (Å²) in [6.45, 7) is 1.75. The van der Waals surface area contributed by atoms with Gasteiger partial charge >= 0.3 is 5.97 Å². The quantitative estimate of drug-likeness (QED) is 0.268. The fraction of sp³-hybridized carbons (Fsp3) is 0.429. The number of rotatable bonds is 5. The molecule has 0 radical (unpaired) electrons. The molecule has 1 aromatic heterocycles. The lowest BCUT2D eigenvalue weighted by atomic mass is 10.2. The highest BCUT2D eigenvalue weighted by Gasteiger charge is 2.24. The van der Waals surface area contributed by atoms with E-state index >= 15 is 0 Å². The number of nitrogens with one attached hydrogen (secondary N) is 1. The number of aromatic nitrogens is 2. The topological polar surface area (TPSA) is 133 Å². The fourth-order valence-corrected chi connectivity index (χ4v) is 1.01. The van der Waals surface area contributed by atoms with Crippen LogP contribution in [0.15, 0.2) is 16.4 Å². The van der Waals surface area contributed by atoms with Crippen molar-refractivity contribution >= 4 is 11.8 Å². The van der Waals surface area contributed by atoms with Crippen LogP contribution < -0.4 is 0 Å². The normalized spacial score (nSPS) is 11.3. The predicted octanol–water partition coefficient (Wildman–Crippen LogP) is 1.72. The van der Waals surface area contributed by atoms with Crippen LogP contribution in [0.4, 0.5) is 5.82 Å². The standard InChI is InChI=1S/C7H8N6O3/c1-2-16-7(14)6(12-15)4-3-5(10-9-4)11-13-8/h3,6H,2H2,1H3,(H,9,10). The smallest absolute Gasteiger partial charge is 0.340 e. The average Bonchev–Trinajstić information content (AvgIpc) is 2.68. The molecule has 1 aromatic rings. The summed E-state index contributed by atoms with van der Waals surface area (Å²) < 4.78 is 4.63. The molecule has 1 atom stereocenters. The van der Waals surface area contributed by atoms with E-state index in [0.29, 0.717) is 0 Å². The van der Waals surface area contributed by atoms with Gasteiger partial charge in [0.25, 0.3) is 0 Å². The molecule has 1 N–H and O–H groups in total. The van der Waals surface area contributed by atoms with Gasteiger partial charge in [0.05, 0.1) is 12.3 Å². The molecule has 1 heterocycles. The third-order valence-electron chi connectivity index (χ3n) is 1.64. The molecule has 9 heteroatoms. The lowest BCUT2D eigenvalue weighted by molar-refractivity contribution is -0.144. The van der Waals surface area contributed by atoms with Crippen LogP contribution in [0.5, 0.6) is 0 Å². The molecule has 0 aliphatic rings. The summed E-state index contributed by atoms with van der Waals surface area (Å²) in [4.78, 5) is 24.3. The van der Waals surface area contributed by atoms with Crippen LogP contribution in [0.3, 0.4) is 0 Å². The van der Waals surface area contributed by atoms with E-state index in [-0.39, 0.29) is 18.1 Å². The lowest BCUT2D eigenvalue weighted by Crippen LogP contribution is -2.14. The first-order valence-electron chi connectivity index (χ1n) is 4.32. The molecule has 0 aliphatic carbocycles. The van der Waals surface area contributed by atoms with E-state index in [9.17, 15) is 9.70 Å². The fourth-order valence-electron chi connectivity index (χ4n) is 1.01. The van der Waals surface area contributed by atoms with Crippen molar-refractivity contribution < 1.29 is 9.53 Å². The van der Waals surface area contributed by atoms with Gasteiger partial charge in [0.2, 0.25) is 6.04 Å². The van der Waals surface area contributed by atoms with Crippen LogP contribution in [-0.2, 0) is 9.53 Å². The van der Waals surface area contributed by atoms with E-state index in [0.717, 1.165) is 0 Å². The van der Waals surface area contributed by atoms with Crippen molar-refractivity contribution in [2.75, 3.05) is 6.61 Å². The zero-order valence-electron chi connectivity index (χ0n) is 8.32. The molecule has 9 nitrogen and oxygen atoms in total. The van der Waals surface area contributed by atoms with Crippen molar-refractivity contribution in [3.63, 3.8) is 0 Å². The number of nitrogens with zero attached hydrogens (tertiary/aromatic N) is 5. The number of aromatic amines is 1. The van der Waals surface area contributed by atoms with Crippen molar-refractivity contribution in [3.8, 4) is 0 Å². The number of carbonyl (C=O) groups excluding carboxylic acids is 1. The van der Waals surface area contributed by atoms with Crippen molar-refractivity contribution in [1.82, 2.24) is 10.2 Å². The van der Waals surface area contributed by atoms with Crippen molar-refractivity contribution in [3.05, 3.63) is 27.1 Å². The molecule has 0 fully saturated rings. The first-order valence-corrected chi connectivity index (χ1v) is 4.32. The Bertz CT molecular complexity index is 435. The van der Waals surface area contributed by atoms with Crippen LogP contribution >= 0.6 is 0 Å². The minimum absolute atomic E-state index is 0.0236. The second-order valence-corrected chi connectivity index (χ2v) is 2.63. The van der Waals surface area contributed by atoms with Crippen molar-refractivity contribution in [2.45, 2.75) is 13.0 Å². The second kappa shape index (κ2) is 5.47. The van der Waals surface area contributed by atoms with Crippen LogP contribution in [0, 0.1) is 4.91 Å². The number of H-pyrrole nitrogens is 1. The largest absolute Gasteiger partial charge is 0.464 e. The van der Waals surface area contributed by atoms with Crippen molar-refractivity contribution in [2.24, 2.45) is 10.3 Å². The van der Waals surface area contributed by atoms with Crippen molar-refractivity contribution in [1.29, 1.82) is 0 Å². The van der Waals surface area contributed by atoms with Gasteiger partial charge in [-0.3, -0.25) is 5.10 Å². The maximum Gasteiger partial charge on any atom is 0.340 e. The van der Waals surface area contributed by atoms with Gasteiger partial charge in [-0.05, 0) is 28.8 Å². The number of esters is 1. The van der Waals surface area contributed by atoms with E-state index in [2.05, 4.69) is 30.1 Å². The first-order chi connectivity index (χ1) is 7.72. The summed E-state index contributed by atoms with van der Waals surface area (Å²) >= 11 is 0. The molecule has 0 spiro atoms. The van der Waals surface area contributed by atoms with E-state index in [1.54, 1.807) is 6.92 Å². The van der Waals surface area contributed by atoms with Crippen LogP contribution in [0.25, 0.3) is 10.4 Å². The molecule has 0 saturated heterocycles. The molecule has 84 valence electrons. The van der Waals surface area contributed by atoms with E-state index in [4.69, 9.17) is 5.53 Å². The third-order valence-corrected chi connectivity index (χ3v) is 1.64. The highest BCUT2D eigenvalue weighted by atomic mass is 16.5. The maximum atomic E-state index is 11.3. The number of carbonyl (C=O) groups is 1. The van der Waals surface area contributed by atoms with E-state index in [1.807, 2.05) is 0 Å². The second-order valence-electron chi connectivity index (χ2n) is 2.63. The minimum atomic E-state index is -1.32. The Morgan fingerprint density at radius 2 is 2.56 bits per heavy atom.